The van der Waals surface area contributed by atoms with Crippen molar-refractivity contribution in [3.05, 3.63) is 88.2 Å². The molecule has 0 atom stereocenters. The summed E-state index contributed by atoms with van der Waals surface area (Å²) in [6.07, 6.45) is 0.819. The summed E-state index contributed by atoms with van der Waals surface area (Å²) in [7, 11) is 0. The van der Waals surface area contributed by atoms with E-state index < -0.39 is 0 Å². The molecule has 0 saturated heterocycles. The summed E-state index contributed by atoms with van der Waals surface area (Å²) in [6.45, 7) is 5.22. The fourth-order valence-corrected chi connectivity index (χ4v) is 3.32. The number of urea groups is 1. The molecule has 1 aromatic heterocycles. The zero-order chi connectivity index (χ0) is 19.2. The number of carbonyl (C=O) groups excluding carboxylic acids is 1. The van der Waals surface area contributed by atoms with Gasteiger partial charge < -0.3 is 15.2 Å². The number of rotatable bonds is 6. The second-order valence-electron chi connectivity index (χ2n) is 6.55. The lowest BCUT2D eigenvalue weighted by Gasteiger charge is -2.11. The van der Waals surface area contributed by atoms with Crippen LogP contribution in [0.25, 0.3) is 5.69 Å². The Bertz CT molecular complexity index is 901. The third-order valence-corrected chi connectivity index (χ3v) is 4.85. The largest absolute Gasteiger partial charge is 0.338 e. The van der Waals surface area contributed by atoms with Crippen LogP contribution in [0.3, 0.4) is 0 Å². The van der Waals surface area contributed by atoms with Gasteiger partial charge in [0.2, 0.25) is 0 Å². The molecular formula is C22H24ClN3O. The maximum Gasteiger partial charge on any atom is 0.315 e. The highest BCUT2D eigenvalue weighted by Gasteiger charge is 2.11. The fraction of sp³-hybridized carbons (Fsp3) is 0.227. The highest BCUT2D eigenvalue weighted by molar-refractivity contribution is 6.30. The van der Waals surface area contributed by atoms with Crippen LogP contribution in [-0.4, -0.2) is 17.1 Å². The molecule has 0 aliphatic heterocycles. The standard InChI is InChI=1S/C22H24ClN3O/c1-16-14-19(17(2)26(16)21-10-8-20(23)9-11-21)15-25-22(27)24-13-12-18-6-4-3-5-7-18/h3-11,14H,12-13,15H2,1-2H3,(H2,24,25,27). The molecule has 0 aliphatic rings. The third kappa shape index (κ3) is 4.92. The van der Waals surface area contributed by atoms with Crippen LogP contribution >= 0.6 is 11.6 Å². The maximum atomic E-state index is 12.1. The normalized spacial score (nSPS) is 10.6. The van der Waals surface area contributed by atoms with Crippen LogP contribution in [0, 0.1) is 13.8 Å². The number of nitrogens with zero attached hydrogens (tertiary/aromatic N) is 1. The van der Waals surface area contributed by atoms with Crippen LogP contribution in [0.4, 0.5) is 4.79 Å². The topological polar surface area (TPSA) is 46.1 Å². The number of aromatic nitrogens is 1. The number of hydrogen-bond acceptors (Lipinski definition) is 1. The molecule has 0 fully saturated rings. The van der Waals surface area contributed by atoms with Gasteiger partial charge in [-0.1, -0.05) is 41.9 Å². The Hall–Kier alpha value is -2.72. The zero-order valence-corrected chi connectivity index (χ0v) is 16.4. The van der Waals surface area contributed by atoms with Crippen molar-refractivity contribution in [3.63, 3.8) is 0 Å². The molecule has 2 aromatic carbocycles. The number of carbonyl (C=O) groups is 1. The fourth-order valence-electron chi connectivity index (χ4n) is 3.20. The Balaban J connectivity index is 1.56. The lowest BCUT2D eigenvalue weighted by molar-refractivity contribution is 0.240. The van der Waals surface area contributed by atoms with E-state index in [1.54, 1.807) is 0 Å². The van der Waals surface area contributed by atoms with Crippen molar-refractivity contribution in [1.82, 2.24) is 15.2 Å². The van der Waals surface area contributed by atoms with Gasteiger partial charge >= 0.3 is 6.03 Å². The average Bonchev–Trinajstić information content (AvgIpc) is 2.95. The van der Waals surface area contributed by atoms with Crippen LogP contribution in [0.1, 0.15) is 22.5 Å². The molecule has 2 amide bonds. The second-order valence-corrected chi connectivity index (χ2v) is 6.99. The molecule has 3 rings (SSSR count). The Morgan fingerprint density at radius 3 is 2.41 bits per heavy atom. The van der Waals surface area contributed by atoms with E-state index in [1.807, 2.05) is 42.5 Å². The molecule has 2 N–H and O–H groups in total. The molecule has 0 aliphatic carbocycles. The van der Waals surface area contributed by atoms with Crippen molar-refractivity contribution in [2.24, 2.45) is 0 Å². The zero-order valence-electron chi connectivity index (χ0n) is 15.6. The molecule has 0 radical (unpaired) electrons. The maximum absolute atomic E-state index is 12.1. The van der Waals surface area contributed by atoms with Gasteiger partial charge in [-0.25, -0.2) is 4.79 Å². The molecule has 0 saturated carbocycles. The van der Waals surface area contributed by atoms with Crippen LogP contribution in [0.15, 0.2) is 60.7 Å². The lowest BCUT2D eigenvalue weighted by Crippen LogP contribution is -2.36. The summed E-state index contributed by atoms with van der Waals surface area (Å²) in [4.78, 5) is 12.1. The first-order valence-corrected chi connectivity index (χ1v) is 9.42. The summed E-state index contributed by atoms with van der Waals surface area (Å²) in [6, 6.07) is 19.8. The highest BCUT2D eigenvalue weighted by atomic mass is 35.5. The molecule has 0 unspecified atom stereocenters. The molecule has 140 valence electrons. The number of amides is 2. The van der Waals surface area contributed by atoms with Crippen LogP contribution in [0.2, 0.25) is 5.02 Å². The summed E-state index contributed by atoms with van der Waals surface area (Å²) >= 11 is 5.99. The van der Waals surface area contributed by atoms with Crippen molar-refractivity contribution in [2.75, 3.05) is 6.54 Å². The van der Waals surface area contributed by atoms with Crippen LogP contribution in [-0.2, 0) is 13.0 Å². The van der Waals surface area contributed by atoms with Crippen molar-refractivity contribution < 1.29 is 4.79 Å². The van der Waals surface area contributed by atoms with Gasteiger partial charge in [0.25, 0.3) is 0 Å². The Kier molecular flexibility index (Phi) is 6.20. The molecular weight excluding hydrogens is 358 g/mol. The second kappa shape index (κ2) is 8.78. The van der Waals surface area contributed by atoms with E-state index in [-0.39, 0.29) is 6.03 Å². The predicted octanol–water partition coefficient (Wildman–Crippen LogP) is 4.79. The average molecular weight is 382 g/mol. The van der Waals surface area contributed by atoms with Gasteiger partial charge in [-0.05, 0) is 61.7 Å². The third-order valence-electron chi connectivity index (χ3n) is 4.60. The first-order valence-electron chi connectivity index (χ1n) is 9.04. The van der Waals surface area contributed by atoms with Gasteiger partial charge in [0.15, 0.2) is 0 Å². The molecule has 3 aromatic rings. The van der Waals surface area contributed by atoms with Crippen molar-refractivity contribution in [1.29, 1.82) is 0 Å². The van der Waals surface area contributed by atoms with E-state index in [4.69, 9.17) is 11.6 Å². The summed E-state index contributed by atoms with van der Waals surface area (Å²) in [5, 5.41) is 6.57. The molecule has 0 bridgehead atoms. The molecule has 27 heavy (non-hydrogen) atoms. The number of nitrogens with one attached hydrogen (secondary N) is 2. The van der Waals surface area contributed by atoms with Gasteiger partial charge in [-0.2, -0.15) is 0 Å². The summed E-state index contributed by atoms with van der Waals surface area (Å²) < 4.78 is 2.17. The number of aryl methyl sites for hydroxylation is 1. The Labute approximate surface area is 165 Å². The SMILES string of the molecule is Cc1cc(CNC(=O)NCCc2ccccc2)c(C)n1-c1ccc(Cl)cc1. The molecule has 5 heteroatoms. The number of hydrogen-bond donors (Lipinski definition) is 2. The van der Waals surface area contributed by atoms with Crippen LogP contribution < -0.4 is 10.6 Å². The van der Waals surface area contributed by atoms with E-state index >= 15 is 0 Å². The van der Waals surface area contributed by atoms with E-state index in [0.717, 1.165) is 34.1 Å². The monoisotopic (exact) mass is 381 g/mol. The minimum absolute atomic E-state index is 0.151. The summed E-state index contributed by atoms with van der Waals surface area (Å²) in [5.41, 5.74) is 5.61. The van der Waals surface area contributed by atoms with E-state index in [9.17, 15) is 4.79 Å². The van der Waals surface area contributed by atoms with E-state index in [0.29, 0.717) is 13.1 Å². The first kappa shape index (κ1) is 19.1. The molecule has 4 nitrogen and oxygen atoms in total. The van der Waals surface area contributed by atoms with Gasteiger partial charge in [-0.3, -0.25) is 0 Å². The Morgan fingerprint density at radius 1 is 1.00 bits per heavy atom. The Morgan fingerprint density at radius 2 is 1.70 bits per heavy atom. The van der Waals surface area contributed by atoms with E-state index in [1.165, 1.54) is 5.56 Å². The predicted molar refractivity (Wildman–Crippen MR) is 111 cm³/mol. The first-order chi connectivity index (χ1) is 13.0. The highest BCUT2D eigenvalue weighted by Crippen LogP contribution is 2.22. The van der Waals surface area contributed by atoms with Gasteiger partial charge in [0, 0.05) is 35.2 Å². The van der Waals surface area contributed by atoms with Crippen molar-refractivity contribution in [2.45, 2.75) is 26.8 Å². The quantitative estimate of drug-likeness (QED) is 0.633. The minimum Gasteiger partial charge on any atom is -0.338 e. The van der Waals surface area contributed by atoms with Crippen molar-refractivity contribution >= 4 is 17.6 Å². The number of halogens is 1. The van der Waals surface area contributed by atoms with Gasteiger partial charge in [0.1, 0.15) is 0 Å². The number of benzene rings is 2. The minimum atomic E-state index is -0.151. The van der Waals surface area contributed by atoms with Gasteiger partial charge in [0.05, 0.1) is 0 Å². The lowest BCUT2D eigenvalue weighted by atomic mass is 10.1. The van der Waals surface area contributed by atoms with Crippen LogP contribution in [0.5, 0.6) is 0 Å². The molecule has 0 spiro atoms. The van der Waals surface area contributed by atoms with Gasteiger partial charge in [-0.15, -0.1) is 0 Å². The molecule has 1 heterocycles. The van der Waals surface area contributed by atoms with E-state index in [2.05, 4.69) is 47.2 Å². The smallest absolute Gasteiger partial charge is 0.315 e. The van der Waals surface area contributed by atoms with Crippen molar-refractivity contribution in [3.8, 4) is 5.69 Å². The summed E-state index contributed by atoms with van der Waals surface area (Å²) in [5.74, 6) is 0.